The molecule has 2 aromatic carbocycles. The van der Waals surface area contributed by atoms with Crippen molar-refractivity contribution in [2.24, 2.45) is 0 Å². The van der Waals surface area contributed by atoms with Gasteiger partial charge in [0.05, 0.1) is 5.54 Å². The highest BCUT2D eigenvalue weighted by Crippen LogP contribution is 2.34. The van der Waals surface area contributed by atoms with Gasteiger partial charge in [-0.25, -0.2) is 0 Å². The molecule has 4 rings (SSSR count). The fraction of sp³-hybridized carbons (Fsp3) is 0.304. The number of amides is 4. The van der Waals surface area contributed by atoms with Crippen LogP contribution in [0.1, 0.15) is 51.6 Å². The predicted octanol–water partition coefficient (Wildman–Crippen LogP) is 2.67. The number of imide groups is 2. The summed E-state index contributed by atoms with van der Waals surface area (Å²) in [5, 5.41) is 4.58. The Labute approximate surface area is 192 Å². The number of alkyl halides is 3. The molecule has 2 aliphatic rings. The molecule has 2 aromatic rings. The van der Waals surface area contributed by atoms with Crippen LogP contribution in [0.5, 0.6) is 5.75 Å². The van der Waals surface area contributed by atoms with Crippen LogP contribution in [0.4, 0.5) is 13.2 Å². The van der Waals surface area contributed by atoms with Crippen molar-refractivity contribution in [2.75, 3.05) is 0 Å². The maximum atomic E-state index is 12.6. The highest BCUT2D eigenvalue weighted by atomic mass is 19.4. The number of benzene rings is 2. The van der Waals surface area contributed by atoms with E-state index in [0.717, 1.165) is 35.4 Å². The molecule has 1 saturated heterocycles. The number of piperidine rings is 1. The molecule has 4 amide bonds. The lowest BCUT2D eigenvalue weighted by atomic mass is 9.89. The predicted molar refractivity (Wildman–Crippen MR) is 111 cm³/mol. The second kappa shape index (κ2) is 8.56. The topological polar surface area (TPSA) is 105 Å². The number of hydrogen-bond acceptors (Lipinski definition) is 6. The smallest absolute Gasteiger partial charge is 0.406 e. The Morgan fingerprint density at radius 2 is 1.62 bits per heavy atom. The zero-order valence-corrected chi connectivity index (χ0v) is 18.0. The average Bonchev–Trinajstić information content (AvgIpc) is 3.20. The molecule has 2 N–H and O–H groups in total. The Hall–Kier alpha value is -3.73. The van der Waals surface area contributed by atoms with Crippen LogP contribution in [0.25, 0.3) is 0 Å². The van der Waals surface area contributed by atoms with Gasteiger partial charge in [-0.1, -0.05) is 6.07 Å². The Balaban J connectivity index is 1.42. The molecular formula is C23H20F3N3O5. The number of hydrogen-bond donors (Lipinski definition) is 2. The number of ether oxygens (including phenoxy) is 1. The molecule has 34 heavy (non-hydrogen) atoms. The van der Waals surface area contributed by atoms with E-state index in [-0.39, 0.29) is 29.4 Å². The van der Waals surface area contributed by atoms with Crippen LogP contribution in [0.2, 0.25) is 0 Å². The normalized spacial score (nSPS) is 20.5. The number of fused-ring (bicyclic) bond motifs is 1. The van der Waals surface area contributed by atoms with Crippen molar-refractivity contribution in [3.05, 3.63) is 64.7 Å². The molecule has 1 unspecified atom stereocenters. The van der Waals surface area contributed by atoms with Gasteiger partial charge < -0.3 is 4.74 Å². The third-order valence-electron chi connectivity index (χ3n) is 6.05. The molecule has 8 nitrogen and oxygen atoms in total. The van der Waals surface area contributed by atoms with Gasteiger partial charge in [0.15, 0.2) is 0 Å². The van der Waals surface area contributed by atoms with Crippen molar-refractivity contribution in [1.82, 2.24) is 15.5 Å². The molecule has 0 aromatic heterocycles. The first-order valence-corrected chi connectivity index (χ1v) is 10.4. The molecule has 0 spiro atoms. The number of carbonyl (C=O) groups excluding carboxylic acids is 4. The van der Waals surface area contributed by atoms with E-state index in [1.54, 1.807) is 25.1 Å². The summed E-state index contributed by atoms with van der Waals surface area (Å²) in [7, 11) is 0. The zero-order chi connectivity index (χ0) is 24.7. The first kappa shape index (κ1) is 23.4. The van der Waals surface area contributed by atoms with Crippen LogP contribution in [0.15, 0.2) is 42.5 Å². The van der Waals surface area contributed by atoms with Crippen LogP contribution in [-0.4, -0.2) is 40.4 Å². The SMILES string of the molecule is CC1(N2Cc3ccc(C(=O)NC(=O)c4ccc(OC(F)(F)F)cc4)cc3C2)CCC(=O)NC1=O. The van der Waals surface area contributed by atoms with E-state index in [9.17, 15) is 32.3 Å². The molecule has 2 heterocycles. The van der Waals surface area contributed by atoms with Crippen LogP contribution in [0, 0.1) is 0 Å². The van der Waals surface area contributed by atoms with Crippen LogP contribution in [0.3, 0.4) is 0 Å². The van der Waals surface area contributed by atoms with E-state index >= 15 is 0 Å². The lowest BCUT2D eigenvalue weighted by Gasteiger charge is -2.39. The molecule has 1 atom stereocenters. The fourth-order valence-electron chi connectivity index (χ4n) is 4.04. The van der Waals surface area contributed by atoms with E-state index in [1.165, 1.54) is 0 Å². The Kier molecular flexibility index (Phi) is 5.90. The zero-order valence-electron chi connectivity index (χ0n) is 18.0. The van der Waals surface area contributed by atoms with Crippen LogP contribution in [-0.2, 0) is 22.7 Å². The number of nitrogens with zero attached hydrogens (tertiary/aromatic N) is 1. The van der Waals surface area contributed by atoms with Gasteiger partial charge >= 0.3 is 6.36 Å². The second-order valence-corrected chi connectivity index (χ2v) is 8.35. The summed E-state index contributed by atoms with van der Waals surface area (Å²) in [4.78, 5) is 50.8. The van der Waals surface area contributed by atoms with Crippen molar-refractivity contribution in [2.45, 2.75) is 44.8 Å². The van der Waals surface area contributed by atoms with Gasteiger partial charge in [0.25, 0.3) is 11.8 Å². The molecule has 178 valence electrons. The van der Waals surface area contributed by atoms with E-state index in [1.807, 2.05) is 4.90 Å². The summed E-state index contributed by atoms with van der Waals surface area (Å²) in [5.41, 5.74) is 1.10. The number of rotatable bonds is 4. The van der Waals surface area contributed by atoms with Crippen molar-refractivity contribution < 1.29 is 37.1 Å². The van der Waals surface area contributed by atoms with Crippen molar-refractivity contribution >= 4 is 23.6 Å². The van der Waals surface area contributed by atoms with E-state index in [4.69, 9.17) is 0 Å². The monoisotopic (exact) mass is 475 g/mol. The highest BCUT2D eigenvalue weighted by Gasteiger charge is 2.45. The minimum Gasteiger partial charge on any atom is -0.406 e. The van der Waals surface area contributed by atoms with E-state index in [2.05, 4.69) is 15.4 Å². The summed E-state index contributed by atoms with van der Waals surface area (Å²) >= 11 is 0. The van der Waals surface area contributed by atoms with Gasteiger partial charge in [0.1, 0.15) is 5.75 Å². The summed E-state index contributed by atoms with van der Waals surface area (Å²) in [6.07, 6.45) is -4.22. The van der Waals surface area contributed by atoms with E-state index < -0.39 is 29.5 Å². The minimum atomic E-state index is -4.85. The molecule has 0 radical (unpaired) electrons. The van der Waals surface area contributed by atoms with Gasteiger partial charge in [-0.05, 0) is 60.9 Å². The fourth-order valence-corrected chi connectivity index (χ4v) is 4.04. The third kappa shape index (κ3) is 4.79. The van der Waals surface area contributed by atoms with Gasteiger partial charge in [-0.3, -0.25) is 34.7 Å². The number of halogens is 3. The summed E-state index contributed by atoms with van der Waals surface area (Å²) in [6, 6.07) is 9.12. The molecule has 0 bridgehead atoms. The lowest BCUT2D eigenvalue weighted by Crippen LogP contribution is -2.59. The summed E-state index contributed by atoms with van der Waals surface area (Å²) < 4.78 is 40.5. The third-order valence-corrected chi connectivity index (χ3v) is 6.05. The highest BCUT2D eigenvalue weighted by molar-refractivity contribution is 6.10. The van der Waals surface area contributed by atoms with Crippen LogP contribution < -0.4 is 15.4 Å². The number of carbonyl (C=O) groups is 4. The van der Waals surface area contributed by atoms with Crippen molar-refractivity contribution in [3.63, 3.8) is 0 Å². The lowest BCUT2D eigenvalue weighted by molar-refractivity contribution is -0.274. The summed E-state index contributed by atoms with van der Waals surface area (Å²) in [6.45, 7) is 2.64. The first-order chi connectivity index (χ1) is 15.9. The molecule has 0 aliphatic carbocycles. The number of nitrogens with one attached hydrogen (secondary N) is 2. The largest absolute Gasteiger partial charge is 0.573 e. The van der Waals surface area contributed by atoms with E-state index in [0.29, 0.717) is 19.5 Å². The molecule has 2 aliphatic heterocycles. The van der Waals surface area contributed by atoms with Gasteiger partial charge in [0, 0.05) is 30.6 Å². The van der Waals surface area contributed by atoms with Crippen molar-refractivity contribution in [1.29, 1.82) is 0 Å². The Morgan fingerprint density at radius 1 is 1.00 bits per heavy atom. The van der Waals surface area contributed by atoms with Gasteiger partial charge in [-0.2, -0.15) is 0 Å². The molecule has 0 saturated carbocycles. The summed E-state index contributed by atoms with van der Waals surface area (Å²) in [5.74, 6) is -2.59. The Bertz CT molecular complexity index is 1180. The average molecular weight is 475 g/mol. The second-order valence-electron chi connectivity index (χ2n) is 8.35. The maximum absolute atomic E-state index is 12.6. The first-order valence-electron chi connectivity index (χ1n) is 10.4. The molecule has 11 heteroatoms. The van der Waals surface area contributed by atoms with Gasteiger partial charge in [0.2, 0.25) is 11.8 Å². The maximum Gasteiger partial charge on any atom is 0.573 e. The van der Waals surface area contributed by atoms with Crippen molar-refractivity contribution in [3.8, 4) is 5.75 Å². The minimum absolute atomic E-state index is 0.0130. The van der Waals surface area contributed by atoms with Crippen LogP contribution >= 0.6 is 0 Å². The standard InChI is InChI=1S/C23H20F3N3O5/c1-22(9-8-18(30)27-21(22)33)29-11-15-3-2-14(10-16(15)12-29)20(32)28-19(31)13-4-6-17(7-5-13)34-23(24,25)26/h2-7,10H,8-9,11-12H2,1H3,(H,27,30,33)(H,28,31,32). The molecular weight excluding hydrogens is 455 g/mol. The Morgan fingerprint density at radius 3 is 2.26 bits per heavy atom. The van der Waals surface area contributed by atoms with Gasteiger partial charge in [-0.15, -0.1) is 13.2 Å². The quantitative estimate of drug-likeness (QED) is 0.659. The molecule has 1 fully saturated rings.